The summed E-state index contributed by atoms with van der Waals surface area (Å²) in [4.78, 5) is 0. The average Bonchev–Trinajstić information content (AvgIpc) is 2.21. The zero-order valence-corrected chi connectivity index (χ0v) is 9.62. The van der Waals surface area contributed by atoms with E-state index >= 15 is 0 Å². The fourth-order valence-corrected chi connectivity index (χ4v) is 1.57. The first kappa shape index (κ1) is 11.8. The van der Waals surface area contributed by atoms with Gasteiger partial charge in [0.15, 0.2) is 0 Å². The van der Waals surface area contributed by atoms with Crippen molar-refractivity contribution in [3.05, 3.63) is 42.0 Å². The summed E-state index contributed by atoms with van der Waals surface area (Å²) in [7, 11) is 0. The lowest BCUT2D eigenvalue weighted by Gasteiger charge is -2.19. The molecule has 0 radical (unpaired) electrons. The van der Waals surface area contributed by atoms with E-state index in [2.05, 4.69) is 11.9 Å². The molecule has 2 atom stereocenters. The molecule has 0 aliphatic carbocycles. The quantitative estimate of drug-likeness (QED) is 0.741. The number of nitrogens with one attached hydrogen (secondary N) is 1. The third-order valence-corrected chi connectivity index (χ3v) is 2.52. The highest BCUT2D eigenvalue weighted by Gasteiger charge is 2.11. The minimum Gasteiger partial charge on any atom is -0.508 e. The van der Waals surface area contributed by atoms with Gasteiger partial charge in [0.05, 0.1) is 0 Å². The van der Waals surface area contributed by atoms with Gasteiger partial charge in [-0.2, -0.15) is 0 Å². The number of benzene rings is 1. The molecule has 2 N–H and O–H groups in total. The molecule has 0 fully saturated rings. The second-order valence-electron chi connectivity index (χ2n) is 3.98. The number of rotatable bonds is 4. The van der Waals surface area contributed by atoms with Crippen molar-refractivity contribution in [2.75, 3.05) is 0 Å². The Balaban J connectivity index is 2.85. The molecule has 1 aromatic rings. The van der Waals surface area contributed by atoms with Crippen molar-refractivity contribution in [3.8, 4) is 5.75 Å². The Morgan fingerprint density at radius 1 is 1.40 bits per heavy atom. The monoisotopic (exact) mass is 205 g/mol. The summed E-state index contributed by atoms with van der Waals surface area (Å²) in [6, 6.07) is 6.00. The maximum Gasteiger partial charge on any atom is 0.120 e. The standard InChI is InChI=1S/C13H19NO/c1-5-10(3)14-11(4)12-8-9(2)6-7-13(12)15/h5-8,10-11,14-15H,1H2,2-4H3. The van der Waals surface area contributed by atoms with Crippen LogP contribution in [0.5, 0.6) is 5.75 Å². The molecule has 0 aliphatic heterocycles. The van der Waals surface area contributed by atoms with Crippen molar-refractivity contribution in [2.24, 2.45) is 0 Å². The number of hydrogen-bond acceptors (Lipinski definition) is 2. The van der Waals surface area contributed by atoms with Crippen molar-refractivity contribution in [2.45, 2.75) is 32.9 Å². The van der Waals surface area contributed by atoms with Crippen molar-refractivity contribution >= 4 is 0 Å². The predicted molar refractivity (Wildman–Crippen MR) is 64.1 cm³/mol. The van der Waals surface area contributed by atoms with E-state index in [-0.39, 0.29) is 12.1 Å². The number of aryl methyl sites for hydroxylation is 1. The van der Waals surface area contributed by atoms with Crippen LogP contribution in [0, 0.1) is 6.92 Å². The van der Waals surface area contributed by atoms with Crippen LogP contribution in [0.15, 0.2) is 30.9 Å². The Hall–Kier alpha value is -1.28. The Kier molecular flexibility index (Phi) is 3.92. The summed E-state index contributed by atoms with van der Waals surface area (Å²) < 4.78 is 0. The highest BCUT2D eigenvalue weighted by atomic mass is 16.3. The fourth-order valence-electron chi connectivity index (χ4n) is 1.57. The van der Waals surface area contributed by atoms with E-state index in [1.165, 1.54) is 0 Å². The summed E-state index contributed by atoms with van der Waals surface area (Å²) in [6.45, 7) is 9.82. The van der Waals surface area contributed by atoms with E-state index in [4.69, 9.17) is 0 Å². The highest BCUT2D eigenvalue weighted by Crippen LogP contribution is 2.25. The van der Waals surface area contributed by atoms with Crippen molar-refractivity contribution in [1.82, 2.24) is 5.32 Å². The van der Waals surface area contributed by atoms with Gasteiger partial charge in [0.2, 0.25) is 0 Å². The maximum atomic E-state index is 9.73. The third-order valence-electron chi connectivity index (χ3n) is 2.52. The number of hydrogen-bond donors (Lipinski definition) is 2. The molecule has 0 spiro atoms. The Morgan fingerprint density at radius 3 is 2.67 bits per heavy atom. The van der Waals surface area contributed by atoms with Gasteiger partial charge in [0, 0.05) is 17.6 Å². The van der Waals surface area contributed by atoms with Crippen LogP contribution in [-0.2, 0) is 0 Å². The van der Waals surface area contributed by atoms with Gasteiger partial charge in [-0.15, -0.1) is 6.58 Å². The van der Waals surface area contributed by atoms with Crippen molar-refractivity contribution in [1.29, 1.82) is 0 Å². The van der Waals surface area contributed by atoms with E-state index < -0.39 is 0 Å². The van der Waals surface area contributed by atoms with Crippen molar-refractivity contribution in [3.63, 3.8) is 0 Å². The third kappa shape index (κ3) is 3.10. The summed E-state index contributed by atoms with van der Waals surface area (Å²) in [5, 5.41) is 13.1. The van der Waals surface area contributed by atoms with Crippen LogP contribution < -0.4 is 5.32 Å². The van der Waals surface area contributed by atoms with Crippen LogP contribution in [0.1, 0.15) is 31.0 Å². The Bertz CT molecular complexity index is 346. The lowest BCUT2D eigenvalue weighted by molar-refractivity contribution is 0.447. The highest BCUT2D eigenvalue weighted by molar-refractivity contribution is 5.37. The summed E-state index contributed by atoms with van der Waals surface area (Å²) in [5.74, 6) is 0.344. The molecule has 0 saturated carbocycles. The molecule has 2 heteroatoms. The maximum absolute atomic E-state index is 9.73. The molecular formula is C13H19NO. The van der Waals surface area contributed by atoms with Gasteiger partial charge in [-0.1, -0.05) is 23.8 Å². The molecule has 0 saturated heterocycles. The van der Waals surface area contributed by atoms with Gasteiger partial charge in [-0.05, 0) is 26.8 Å². The largest absolute Gasteiger partial charge is 0.508 e. The van der Waals surface area contributed by atoms with Gasteiger partial charge < -0.3 is 10.4 Å². The first-order valence-electron chi connectivity index (χ1n) is 5.22. The molecule has 0 aliphatic rings. The molecule has 1 aromatic carbocycles. The molecule has 1 rings (SSSR count). The zero-order valence-electron chi connectivity index (χ0n) is 9.62. The topological polar surface area (TPSA) is 32.3 Å². The minimum absolute atomic E-state index is 0.123. The zero-order chi connectivity index (χ0) is 11.4. The molecule has 82 valence electrons. The molecule has 0 aromatic heterocycles. The number of aromatic hydroxyl groups is 1. The first-order valence-corrected chi connectivity index (χ1v) is 5.22. The van der Waals surface area contributed by atoms with Crippen LogP contribution in [-0.4, -0.2) is 11.1 Å². The molecule has 15 heavy (non-hydrogen) atoms. The summed E-state index contributed by atoms with van der Waals surface area (Å²) in [5.41, 5.74) is 2.09. The molecular weight excluding hydrogens is 186 g/mol. The summed E-state index contributed by atoms with van der Waals surface area (Å²) in [6.07, 6.45) is 1.85. The second-order valence-corrected chi connectivity index (χ2v) is 3.98. The van der Waals surface area contributed by atoms with Crippen LogP contribution in [0.2, 0.25) is 0 Å². The van der Waals surface area contributed by atoms with Crippen molar-refractivity contribution < 1.29 is 5.11 Å². The Labute approximate surface area is 91.6 Å². The molecule has 2 nitrogen and oxygen atoms in total. The normalized spacial score (nSPS) is 14.6. The molecule has 0 amide bonds. The van der Waals surface area contributed by atoms with Crippen LogP contribution in [0.4, 0.5) is 0 Å². The van der Waals surface area contributed by atoms with Crippen LogP contribution >= 0.6 is 0 Å². The van der Waals surface area contributed by atoms with Gasteiger partial charge in [-0.3, -0.25) is 0 Å². The van der Waals surface area contributed by atoms with E-state index in [1.807, 2.05) is 39.0 Å². The van der Waals surface area contributed by atoms with Gasteiger partial charge in [0.25, 0.3) is 0 Å². The number of phenolic OH excluding ortho intramolecular Hbond substituents is 1. The lowest BCUT2D eigenvalue weighted by atomic mass is 10.0. The van der Waals surface area contributed by atoms with E-state index in [0.717, 1.165) is 11.1 Å². The smallest absolute Gasteiger partial charge is 0.120 e. The molecule has 0 bridgehead atoms. The van der Waals surface area contributed by atoms with Gasteiger partial charge in [-0.25, -0.2) is 0 Å². The molecule has 0 heterocycles. The van der Waals surface area contributed by atoms with E-state index in [1.54, 1.807) is 6.07 Å². The predicted octanol–water partition coefficient (Wildman–Crippen LogP) is 2.93. The lowest BCUT2D eigenvalue weighted by Crippen LogP contribution is -2.27. The fraction of sp³-hybridized carbons (Fsp3) is 0.385. The van der Waals surface area contributed by atoms with E-state index in [0.29, 0.717) is 5.75 Å². The second kappa shape index (κ2) is 4.99. The average molecular weight is 205 g/mol. The van der Waals surface area contributed by atoms with Gasteiger partial charge >= 0.3 is 0 Å². The number of phenols is 1. The van der Waals surface area contributed by atoms with E-state index in [9.17, 15) is 5.11 Å². The minimum atomic E-state index is 0.123. The van der Waals surface area contributed by atoms with Gasteiger partial charge in [0.1, 0.15) is 5.75 Å². The Morgan fingerprint density at radius 2 is 2.07 bits per heavy atom. The SMILES string of the molecule is C=CC(C)NC(C)c1cc(C)ccc1O. The summed E-state index contributed by atoms with van der Waals surface area (Å²) >= 11 is 0. The van der Waals surface area contributed by atoms with Crippen LogP contribution in [0.25, 0.3) is 0 Å². The van der Waals surface area contributed by atoms with Crippen LogP contribution in [0.3, 0.4) is 0 Å². The molecule has 2 unspecified atom stereocenters. The first-order chi connectivity index (χ1) is 7.04.